The fraction of sp³-hybridized carbons (Fsp3) is 0.300. The predicted octanol–water partition coefficient (Wildman–Crippen LogP) is 3.22. The molecule has 0 aliphatic heterocycles. The lowest BCUT2D eigenvalue weighted by atomic mass is 10.1. The second-order valence-electron chi connectivity index (χ2n) is 3.08. The summed E-state index contributed by atoms with van der Waals surface area (Å²) in [5.74, 6) is -4.32. The summed E-state index contributed by atoms with van der Waals surface area (Å²) in [5, 5.41) is 0. The number of halogens is 3. The fourth-order valence-electron chi connectivity index (χ4n) is 0.970. The minimum Gasteiger partial charge on any atom is -0.293 e. The quantitative estimate of drug-likeness (QED) is 0.818. The van der Waals surface area contributed by atoms with Gasteiger partial charge in [-0.1, -0.05) is 34.1 Å². The van der Waals surface area contributed by atoms with Crippen molar-refractivity contribution in [2.24, 2.45) is 0 Å². The molecule has 0 spiro atoms. The van der Waals surface area contributed by atoms with E-state index in [-0.39, 0.29) is 6.42 Å². The molecule has 0 unspecified atom stereocenters. The number of ketones is 1. The average molecular weight is 263 g/mol. The van der Waals surface area contributed by atoms with Crippen LogP contribution in [0, 0.1) is 0 Å². The number of hydrogen-bond donors (Lipinski definition) is 0. The third-order valence-corrected chi connectivity index (χ3v) is 2.57. The summed E-state index contributed by atoms with van der Waals surface area (Å²) < 4.78 is 25.8. The molecule has 0 atom stereocenters. The van der Waals surface area contributed by atoms with Crippen molar-refractivity contribution in [1.82, 2.24) is 0 Å². The Morgan fingerprint density at radius 1 is 1.43 bits per heavy atom. The Labute approximate surface area is 89.3 Å². The Hall–Kier alpha value is -0.770. The van der Waals surface area contributed by atoms with Crippen LogP contribution in [0.1, 0.15) is 12.5 Å². The van der Waals surface area contributed by atoms with Gasteiger partial charge in [0.15, 0.2) is 0 Å². The minimum atomic E-state index is -3.25. The molecule has 1 rings (SSSR count). The van der Waals surface area contributed by atoms with Crippen LogP contribution >= 0.6 is 15.9 Å². The molecule has 0 fully saturated rings. The molecule has 1 aromatic rings. The Morgan fingerprint density at radius 2 is 2.00 bits per heavy atom. The lowest BCUT2D eigenvalue weighted by Crippen LogP contribution is -2.26. The van der Waals surface area contributed by atoms with E-state index < -0.39 is 11.7 Å². The van der Waals surface area contributed by atoms with Crippen LogP contribution in [0.5, 0.6) is 0 Å². The van der Waals surface area contributed by atoms with Crippen molar-refractivity contribution in [3.63, 3.8) is 0 Å². The summed E-state index contributed by atoms with van der Waals surface area (Å²) in [6.45, 7) is 0.617. The SMILES string of the molecule is CC(F)(F)C(=O)Cc1ccccc1Br. The Kier molecular flexibility index (Phi) is 3.37. The van der Waals surface area contributed by atoms with E-state index in [1.807, 2.05) is 0 Å². The second kappa shape index (κ2) is 4.17. The molecule has 4 heteroatoms. The molecule has 1 aromatic carbocycles. The second-order valence-corrected chi connectivity index (χ2v) is 3.93. The van der Waals surface area contributed by atoms with E-state index >= 15 is 0 Å². The number of hydrogen-bond acceptors (Lipinski definition) is 1. The summed E-state index contributed by atoms with van der Waals surface area (Å²) in [6.07, 6.45) is -0.245. The standard InChI is InChI=1S/C10H9BrF2O/c1-10(12,13)9(14)6-7-4-2-3-5-8(7)11/h2-5H,6H2,1H3. The van der Waals surface area contributed by atoms with E-state index in [9.17, 15) is 13.6 Å². The number of benzene rings is 1. The maximum Gasteiger partial charge on any atom is 0.302 e. The van der Waals surface area contributed by atoms with E-state index in [1.165, 1.54) is 0 Å². The molecule has 0 heterocycles. The van der Waals surface area contributed by atoms with Crippen LogP contribution in [0.15, 0.2) is 28.7 Å². The van der Waals surface area contributed by atoms with Gasteiger partial charge in [0.25, 0.3) is 0 Å². The van der Waals surface area contributed by atoms with Crippen LogP contribution in [-0.4, -0.2) is 11.7 Å². The van der Waals surface area contributed by atoms with E-state index in [4.69, 9.17) is 0 Å². The third-order valence-electron chi connectivity index (χ3n) is 1.80. The van der Waals surface area contributed by atoms with Gasteiger partial charge in [-0.05, 0) is 11.6 Å². The molecule has 14 heavy (non-hydrogen) atoms. The Bertz CT molecular complexity index is 344. The van der Waals surface area contributed by atoms with Crippen molar-refractivity contribution in [1.29, 1.82) is 0 Å². The first kappa shape index (κ1) is 11.3. The average Bonchev–Trinajstić information content (AvgIpc) is 2.07. The minimum absolute atomic E-state index is 0.245. The molecule has 0 N–H and O–H groups in total. The van der Waals surface area contributed by atoms with Crippen molar-refractivity contribution in [3.8, 4) is 0 Å². The molecule has 1 nitrogen and oxygen atoms in total. The molecule has 0 aromatic heterocycles. The summed E-state index contributed by atoms with van der Waals surface area (Å²) in [7, 11) is 0. The van der Waals surface area contributed by atoms with Crippen molar-refractivity contribution in [2.45, 2.75) is 19.3 Å². The summed E-state index contributed by atoms with van der Waals surface area (Å²) >= 11 is 3.19. The molecule has 0 amide bonds. The lowest BCUT2D eigenvalue weighted by Gasteiger charge is -2.09. The first-order valence-corrected chi connectivity index (χ1v) is 4.85. The predicted molar refractivity (Wildman–Crippen MR) is 53.5 cm³/mol. The number of alkyl halides is 2. The van der Waals surface area contributed by atoms with Crippen molar-refractivity contribution in [3.05, 3.63) is 34.3 Å². The van der Waals surface area contributed by atoms with Gasteiger partial charge in [-0.25, -0.2) is 0 Å². The first-order chi connectivity index (χ1) is 6.41. The number of carbonyl (C=O) groups excluding carboxylic acids is 1. The summed E-state index contributed by atoms with van der Waals surface area (Å²) in [4.78, 5) is 11.0. The van der Waals surface area contributed by atoms with E-state index in [2.05, 4.69) is 15.9 Å². The first-order valence-electron chi connectivity index (χ1n) is 4.06. The molecule has 0 saturated carbocycles. The molecule has 0 aliphatic carbocycles. The fourth-order valence-corrected chi connectivity index (χ4v) is 1.39. The van der Waals surface area contributed by atoms with Crippen LogP contribution < -0.4 is 0 Å². The Morgan fingerprint density at radius 3 is 2.50 bits per heavy atom. The van der Waals surface area contributed by atoms with Crippen molar-refractivity contribution in [2.75, 3.05) is 0 Å². The molecule has 0 saturated heterocycles. The zero-order chi connectivity index (χ0) is 10.8. The topological polar surface area (TPSA) is 17.1 Å². The molecular weight excluding hydrogens is 254 g/mol. The highest BCUT2D eigenvalue weighted by Crippen LogP contribution is 2.21. The zero-order valence-corrected chi connectivity index (χ0v) is 9.14. The monoisotopic (exact) mass is 262 g/mol. The highest BCUT2D eigenvalue weighted by Gasteiger charge is 2.31. The van der Waals surface area contributed by atoms with Crippen LogP contribution in [0.2, 0.25) is 0 Å². The highest BCUT2D eigenvalue weighted by molar-refractivity contribution is 9.10. The Balaban J connectivity index is 2.80. The smallest absolute Gasteiger partial charge is 0.293 e. The molecule has 0 bridgehead atoms. The van der Waals surface area contributed by atoms with E-state index in [0.29, 0.717) is 17.0 Å². The van der Waals surface area contributed by atoms with Gasteiger partial charge in [0, 0.05) is 17.8 Å². The van der Waals surface area contributed by atoms with Gasteiger partial charge < -0.3 is 0 Å². The van der Waals surface area contributed by atoms with Gasteiger partial charge in [-0.15, -0.1) is 0 Å². The van der Waals surface area contributed by atoms with Crippen LogP contribution in [-0.2, 0) is 11.2 Å². The number of carbonyl (C=O) groups is 1. The molecule has 76 valence electrons. The zero-order valence-electron chi connectivity index (χ0n) is 7.56. The molecule has 0 aliphatic rings. The molecule has 0 radical (unpaired) electrons. The van der Waals surface area contributed by atoms with Gasteiger partial charge >= 0.3 is 5.92 Å². The maximum atomic E-state index is 12.6. The van der Waals surface area contributed by atoms with Crippen LogP contribution in [0.3, 0.4) is 0 Å². The van der Waals surface area contributed by atoms with Gasteiger partial charge in [-0.2, -0.15) is 8.78 Å². The van der Waals surface area contributed by atoms with Crippen LogP contribution in [0.25, 0.3) is 0 Å². The summed E-state index contributed by atoms with van der Waals surface area (Å²) in [6, 6.07) is 6.84. The largest absolute Gasteiger partial charge is 0.302 e. The van der Waals surface area contributed by atoms with Gasteiger partial charge in [0.1, 0.15) is 0 Å². The normalized spacial score (nSPS) is 11.4. The highest BCUT2D eigenvalue weighted by atomic mass is 79.9. The van der Waals surface area contributed by atoms with Crippen molar-refractivity contribution >= 4 is 21.7 Å². The summed E-state index contributed by atoms with van der Waals surface area (Å²) in [5.41, 5.74) is 0.582. The number of Topliss-reactive ketones (excluding diaryl/α,β-unsaturated/α-hetero) is 1. The lowest BCUT2D eigenvalue weighted by molar-refractivity contribution is -0.139. The maximum absolute atomic E-state index is 12.6. The van der Waals surface area contributed by atoms with Crippen LogP contribution in [0.4, 0.5) is 8.78 Å². The van der Waals surface area contributed by atoms with Gasteiger partial charge in [0.2, 0.25) is 5.78 Å². The van der Waals surface area contributed by atoms with E-state index in [1.54, 1.807) is 24.3 Å². The third kappa shape index (κ3) is 2.87. The van der Waals surface area contributed by atoms with Gasteiger partial charge in [0.05, 0.1) is 0 Å². The number of rotatable bonds is 3. The van der Waals surface area contributed by atoms with E-state index in [0.717, 1.165) is 0 Å². The molecular formula is C10H9BrF2O. The van der Waals surface area contributed by atoms with Gasteiger partial charge in [-0.3, -0.25) is 4.79 Å². The van der Waals surface area contributed by atoms with Crippen molar-refractivity contribution < 1.29 is 13.6 Å².